The molecule has 8 heteroatoms. The van der Waals surface area contributed by atoms with Crippen LogP contribution >= 0.6 is 0 Å². The standard InChI is InChI=1S/C15H20F2N2O3S/c16-15(17)9-22-11-2-4-12(5-3-11)23(20,21)19-7-10-1-6-14(18)13(10)8-19/h2-5,10,13-15H,1,6-9,18H2. The molecule has 23 heavy (non-hydrogen) atoms. The summed E-state index contributed by atoms with van der Waals surface area (Å²) in [6, 6.07) is 5.66. The molecule has 1 aliphatic heterocycles. The van der Waals surface area contributed by atoms with Crippen LogP contribution in [0.15, 0.2) is 29.2 Å². The maximum absolute atomic E-state index is 12.7. The predicted octanol–water partition coefficient (Wildman–Crippen LogP) is 1.69. The van der Waals surface area contributed by atoms with Crippen molar-refractivity contribution in [1.82, 2.24) is 4.31 Å². The third-order valence-electron chi connectivity index (χ3n) is 4.72. The fourth-order valence-corrected chi connectivity index (χ4v) is 5.01. The van der Waals surface area contributed by atoms with E-state index in [-0.39, 0.29) is 22.6 Å². The van der Waals surface area contributed by atoms with Crippen LogP contribution < -0.4 is 10.5 Å². The Balaban J connectivity index is 1.70. The fraction of sp³-hybridized carbons (Fsp3) is 0.600. The van der Waals surface area contributed by atoms with Crippen LogP contribution in [0.5, 0.6) is 5.75 Å². The van der Waals surface area contributed by atoms with Crippen LogP contribution in [0.1, 0.15) is 12.8 Å². The molecule has 3 atom stereocenters. The number of fused-ring (bicyclic) bond motifs is 1. The number of sulfonamides is 1. The van der Waals surface area contributed by atoms with Crippen LogP contribution in [0.4, 0.5) is 8.78 Å². The first-order valence-electron chi connectivity index (χ1n) is 7.64. The number of alkyl halides is 2. The Kier molecular flexibility index (Phi) is 4.57. The second-order valence-corrected chi connectivity index (χ2v) is 8.10. The summed E-state index contributed by atoms with van der Waals surface area (Å²) in [5.74, 6) is 0.802. The first kappa shape index (κ1) is 16.6. The van der Waals surface area contributed by atoms with Crippen LogP contribution in [0, 0.1) is 11.8 Å². The van der Waals surface area contributed by atoms with Crippen LogP contribution in [0.3, 0.4) is 0 Å². The lowest BCUT2D eigenvalue weighted by atomic mass is 9.98. The molecule has 0 bridgehead atoms. The summed E-state index contributed by atoms with van der Waals surface area (Å²) >= 11 is 0. The number of nitrogens with zero attached hydrogens (tertiary/aromatic N) is 1. The van der Waals surface area contributed by atoms with Crippen LogP contribution in [0.2, 0.25) is 0 Å². The Morgan fingerprint density at radius 3 is 2.52 bits per heavy atom. The number of nitrogens with two attached hydrogens (primary N) is 1. The molecule has 2 aliphatic rings. The van der Waals surface area contributed by atoms with Gasteiger partial charge in [-0.15, -0.1) is 0 Å². The van der Waals surface area contributed by atoms with Gasteiger partial charge in [0.1, 0.15) is 12.4 Å². The van der Waals surface area contributed by atoms with E-state index in [0.29, 0.717) is 19.0 Å². The minimum atomic E-state index is -3.58. The molecule has 0 amide bonds. The third-order valence-corrected chi connectivity index (χ3v) is 6.56. The van der Waals surface area contributed by atoms with Crippen molar-refractivity contribution < 1.29 is 21.9 Å². The second-order valence-electron chi connectivity index (χ2n) is 6.16. The predicted molar refractivity (Wildman–Crippen MR) is 80.9 cm³/mol. The number of hydrogen-bond acceptors (Lipinski definition) is 4. The molecular weight excluding hydrogens is 326 g/mol. The molecule has 0 radical (unpaired) electrons. The maximum atomic E-state index is 12.7. The lowest BCUT2D eigenvalue weighted by Crippen LogP contribution is -2.33. The van der Waals surface area contributed by atoms with Gasteiger partial charge in [0, 0.05) is 19.1 Å². The zero-order chi connectivity index (χ0) is 16.6. The molecule has 0 aromatic heterocycles. The highest BCUT2D eigenvalue weighted by atomic mass is 32.2. The summed E-state index contributed by atoms with van der Waals surface area (Å²) < 4.78 is 55.9. The van der Waals surface area contributed by atoms with Gasteiger partial charge < -0.3 is 10.5 Å². The minimum absolute atomic E-state index is 0.0744. The zero-order valence-electron chi connectivity index (χ0n) is 12.6. The van der Waals surface area contributed by atoms with Gasteiger partial charge in [0.05, 0.1) is 4.90 Å². The van der Waals surface area contributed by atoms with Crippen molar-refractivity contribution >= 4 is 10.0 Å². The first-order chi connectivity index (χ1) is 10.9. The van der Waals surface area contributed by atoms with Gasteiger partial charge in [-0.25, -0.2) is 17.2 Å². The Labute approximate surface area is 134 Å². The van der Waals surface area contributed by atoms with Gasteiger partial charge in [0.2, 0.25) is 10.0 Å². The van der Waals surface area contributed by atoms with E-state index in [4.69, 9.17) is 10.5 Å². The molecule has 1 saturated carbocycles. The number of halogens is 2. The summed E-state index contributed by atoms with van der Waals surface area (Å²) in [6.07, 6.45) is -0.635. The van der Waals surface area contributed by atoms with Gasteiger partial charge in [-0.2, -0.15) is 4.31 Å². The molecule has 1 aliphatic carbocycles. The van der Waals surface area contributed by atoms with E-state index >= 15 is 0 Å². The van der Waals surface area contributed by atoms with Crippen molar-refractivity contribution in [3.8, 4) is 5.75 Å². The van der Waals surface area contributed by atoms with E-state index in [0.717, 1.165) is 12.8 Å². The van der Waals surface area contributed by atoms with Crippen molar-refractivity contribution in [2.24, 2.45) is 17.6 Å². The summed E-state index contributed by atoms with van der Waals surface area (Å²) in [5, 5.41) is 0. The summed E-state index contributed by atoms with van der Waals surface area (Å²) in [5.41, 5.74) is 6.04. The molecule has 1 aromatic carbocycles. The average molecular weight is 346 g/mol. The quantitative estimate of drug-likeness (QED) is 0.881. The van der Waals surface area contributed by atoms with Crippen LogP contribution in [0.25, 0.3) is 0 Å². The van der Waals surface area contributed by atoms with E-state index in [1.165, 1.54) is 28.6 Å². The van der Waals surface area contributed by atoms with Gasteiger partial charge in [0.25, 0.3) is 6.43 Å². The fourth-order valence-electron chi connectivity index (χ4n) is 3.48. The van der Waals surface area contributed by atoms with Gasteiger partial charge in [-0.1, -0.05) is 0 Å². The van der Waals surface area contributed by atoms with Crippen LogP contribution in [-0.4, -0.2) is 44.9 Å². The van der Waals surface area contributed by atoms with E-state index in [1.807, 2.05) is 0 Å². The van der Waals surface area contributed by atoms with E-state index in [1.54, 1.807) is 0 Å². The van der Waals surface area contributed by atoms with E-state index < -0.39 is 23.1 Å². The maximum Gasteiger partial charge on any atom is 0.272 e. The molecule has 3 rings (SSSR count). The first-order valence-corrected chi connectivity index (χ1v) is 9.08. The lowest BCUT2D eigenvalue weighted by Gasteiger charge is -2.18. The van der Waals surface area contributed by atoms with Gasteiger partial charge in [-0.3, -0.25) is 0 Å². The van der Waals surface area contributed by atoms with Gasteiger partial charge >= 0.3 is 0 Å². The molecule has 2 N–H and O–H groups in total. The number of hydrogen-bond donors (Lipinski definition) is 1. The highest BCUT2D eigenvalue weighted by molar-refractivity contribution is 7.89. The molecule has 1 aromatic rings. The molecule has 0 spiro atoms. The smallest absolute Gasteiger partial charge is 0.272 e. The Bertz CT molecular complexity index is 651. The summed E-state index contributed by atoms with van der Waals surface area (Å²) in [4.78, 5) is 0.149. The van der Waals surface area contributed by atoms with Crippen molar-refractivity contribution in [2.75, 3.05) is 19.7 Å². The number of ether oxygens (including phenoxy) is 1. The lowest BCUT2D eigenvalue weighted by molar-refractivity contribution is 0.0819. The Hall–Kier alpha value is -1.25. The van der Waals surface area contributed by atoms with Crippen LogP contribution in [-0.2, 0) is 10.0 Å². The monoisotopic (exact) mass is 346 g/mol. The van der Waals surface area contributed by atoms with Crippen molar-refractivity contribution in [3.63, 3.8) is 0 Å². The molecule has 5 nitrogen and oxygen atoms in total. The molecule has 1 heterocycles. The average Bonchev–Trinajstić information content (AvgIpc) is 3.09. The van der Waals surface area contributed by atoms with Gasteiger partial charge in [0.15, 0.2) is 0 Å². The zero-order valence-corrected chi connectivity index (χ0v) is 13.4. The molecule has 1 saturated heterocycles. The molecule has 2 fully saturated rings. The second kappa shape index (κ2) is 6.33. The molecular formula is C15H20F2N2O3S. The Morgan fingerprint density at radius 1 is 1.22 bits per heavy atom. The molecule has 128 valence electrons. The summed E-state index contributed by atoms with van der Waals surface area (Å²) in [6.45, 7) is 0.252. The number of rotatable bonds is 5. The van der Waals surface area contributed by atoms with E-state index in [2.05, 4.69) is 0 Å². The van der Waals surface area contributed by atoms with Gasteiger partial charge in [-0.05, 0) is 48.9 Å². The van der Waals surface area contributed by atoms with Crippen molar-refractivity contribution in [2.45, 2.75) is 30.2 Å². The Morgan fingerprint density at radius 2 is 1.91 bits per heavy atom. The largest absolute Gasteiger partial charge is 0.488 e. The molecule has 3 unspecified atom stereocenters. The SMILES string of the molecule is NC1CCC2CN(S(=O)(=O)c3ccc(OCC(F)F)cc3)CC12. The van der Waals surface area contributed by atoms with Crippen molar-refractivity contribution in [1.29, 1.82) is 0 Å². The summed E-state index contributed by atoms with van der Waals surface area (Å²) in [7, 11) is -3.58. The third kappa shape index (κ3) is 3.34. The topological polar surface area (TPSA) is 72.6 Å². The minimum Gasteiger partial charge on any atom is -0.488 e. The van der Waals surface area contributed by atoms with E-state index in [9.17, 15) is 17.2 Å². The normalized spacial score (nSPS) is 28.3. The highest BCUT2D eigenvalue weighted by Gasteiger charge is 2.44. The number of benzene rings is 1. The highest BCUT2D eigenvalue weighted by Crippen LogP contribution is 2.39. The van der Waals surface area contributed by atoms with Crippen molar-refractivity contribution in [3.05, 3.63) is 24.3 Å².